The fourth-order valence-electron chi connectivity index (χ4n) is 4.02. The first kappa shape index (κ1) is 16.6. The minimum absolute atomic E-state index is 0.0102. The zero-order chi connectivity index (χ0) is 17.4. The molecule has 0 amide bonds. The van der Waals surface area contributed by atoms with Crippen molar-refractivity contribution in [2.75, 3.05) is 51.8 Å². The number of hydrogen-bond acceptors (Lipinski definition) is 5. The third-order valence-electron chi connectivity index (χ3n) is 5.68. The minimum Gasteiger partial charge on any atom is -0.497 e. The number of ether oxygens (including phenoxy) is 2. The molecule has 2 fully saturated rings. The number of rotatable bonds is 2. The molecule has 0 N–H and O–H groups in total. The second-order valence-corrected chi connectivity index (χ2v) is 7.44. The van der Waals surface area contributed by atoms with Crippen molar-refractivity contribution in [3.63, 3.8) is 0 Å². The summed E-state index contributed by atoms with van der Waals surface area (Å²) in [6, 6.07) is 8.33. The van der Waals surface area contributed by atoms with E-state index in [2.05, 4.69) is 35.9 Å². The number of aromatic nitrogens is 1. The average Bonchev–Trinajstić information content (AvgIpc) is 2.64. The number of hydrogen-bond donors (Lipinski definition) is 0. The molecule has 1 aromatic heterocycles. The summed E-state index contributed by atoms with van der Waals surface area (Å²) in [5.74, 6) is 1.91. The van der Waals surface area contributed by atoms with E-state index in [0.717, 1.165) is 62.7 Å². The molecule has 0 unspecified atom stereocenters. The van der Waals surface area contributed by atoms with Crippen molar-refractivity contribution in [1.29, 1.82) is 0 Å². The Labute approximate surface area is 149 Å². The number of piperidine rings is 1. The van der Waals surface area contributed by atoms with Gasteiger partial charge < -0.3 is 19.3 Å². The zero-order valence-corrected chi connectivity index (χ0v) is 15.4. The monoisotopic (exact) mass is 341 g/mol. The lowest BCUT2D eigenvalue weighted by molar-refractivity contribution is -0.0884. The van der Waals surface area contributed by atoms with Crippen molar-refractivity contribution in [3.8, 4) is 5.75 Å². The Hall–Kier alpha value is -1.85. The average molecular weight is 341 g/mol. The van der Waals surface area contributed by atoms with Crippen LogP contribution in [0.25, 0.3) is 10.9 Å². The van der Waals surface area contributed by atoms with Gasteiger partial charge in [0.25, 0.3) is 0 Å². The van der Waals surface area contributed by atoms with Crippen LogP contribution in [-0.4, -0.2) is 62.4 Å². The summed E-state index contributed by atoms with van der Waals surface area (Å²) in [5.41, 5.74) is 2.24. The summed E-state index contributed by atoms with van der Waals surface area (Å²) < 4.78 is 11.6. The van der Waals surface area contributed by atoms with E-state index in [4.69, 9.17) is 14.5 Å². The molecule has 25 heavy (non-hydrogen) atoms. The van der Waals surface area contributed by atoms with Crippen LogP contribution in [-0.2, 0) is 4.74 Å². The molecule has 1 spiro atoms. The van der Waals surface area contributed by atoms with Crippen molar-refractivity contribution in [2.45, 2.75) is 25.4 Å². The van der Waals surface area contributed by atoms with Gasteiger partial charge >= 0.3 is 0 Å². The molecule has 1 aromatic carbocycles. The van der Waals surface area contributed by atoms with Crippen LogP contribution in [0.15, 0.2) is 24.3 Å². The van der Waals surface area contributed by atoms with Crippen LogP contribution in [0, 0.1) is 6.92 Å². The molecular weight excluding hydrogens is 314 g/mol. The molecule has 0 saturated carbocycles. The van der Waals surface area contributed by atoms with Gasteiger partial charge in [0.05, 0.1) is 24.8 Å². The van der Waals surface area contributed by atoms with Crippen LogP contribution >= 0.6 is 0 Å². The molecule has 4 rings (SSSR count). The fraction of sp³-hybridized carbons (Fsp3) is 0.550. The number of fused-ring (bicyclic) bond motifs is 1. The lowest BCUT2D eigenvalue weighted by atomic mass is 9.89. The van der Waals surface area contributed by atoms with Gasteiger partial charge in [-0.3, -0.25) is 0 Å². The van der Waals surface area contributed by atoms with Crippen LogP contribution < -0.4 is 9.64 Å². The van der Waals surface area contributed by atoms with E-state index in [1.165, 1.54) is 10.9 Å². The summed E-state index contributed by atoms with van der Waals surface area (Å²) in [4.78, 5) is 9.73. The Kier molecular flexibility index (Phi) is 4.29. The van der Waals surface area contributed by atoms with Gasteiger partial charge in [-0.2, -0.15) is 0 Å². The predicted octanol–water partition coefficient (Wildman–Crippen LogP) is 2.85. The topological polar surface area (TPSA) is 37.8 Å². The highest BCUT2D eigenvalue weighted by Crippen LogP contribution is 2.33. The number of anilines is 1. The molecule has 0 aliphatic carbocycles. The molecule has 0 radical (unpaired) electrons. The highest BCUT2D eigenvalue weighted by molar-refractivity contribution is 5.85. The van der Waals surface area contributed by atoms with Gasteiger partial charge in [0.15, 0.2) is 0 Å². The van der Waals surface area contributed by atoms with Gasteiger partial charge in [-0.25, -0.2) is 4.98 Å². The third-order valence-corrected chi connectivity index (χ3v) is 5.68. The van der Waals surface area contributed by atoms with E-state index in [9.17, 15) is 0 Å². The van der Waals surface area contributed by atoms with Crippen LogP contribution in [0.5, 0.6) is 5.75 Å². The lowest BCUT2D eigenvalue weighted by Crippen LogP contribution is -2.56. The predicted molar refractivity (Wildman–Crippen MR) is 101 cm³/mol. The van der Waals surface area contributed by atoms with E-state index < -0.39 is 0 Å². The smallest absolute Gasteiger partial charge is 0.129 e. The second-order valence-electron chi connectivity index (χ2n) is 7.44. The normalized spacial score (nSPS) is 21.0. The Morgan fingerprint density at radius 2 is 1.96 bits per heavy atom. The summed E-state index contributed by atoms with van der Waals surface area (Å²) in [5, 5.41) is 1.19. The Morgan fingerprint density at radius 3 is 2.72 bits per heavy atom. The van der Waals surface area contributed by atoms with E-state index in [1.807, 2.05) is 12.1 Å². The van der Waals surface area contributed by atoms with Gasteiger partial charge in [0.1, 0.15) is 11.6 Å². The van der Waals surface area contributed by atoms with Crippen LogP contribution in [0.1, 0.15) is 18.4 Å². The lowest BCUT2D eigenvalue weighted by Gasteiger charge is -2.47. The Bertz CT molecular complexity index is 769. The maximum atomic E-state index is 6.24. The molecule has 5 nitrogen and oxygen atoms in total. The van der Waals surface area contributed by atoms with Gasteiger partial charge in [-0.05, 0) is 50.6 Å². The number of benzene rings is 1. The van der Waals surface area contributed by atoms with E-state index in [-0.39, 0.29) is 5.60 Å². The minimum atomic E-state index is -0.0102. The van der Waals surface area contributed by atoms with Crippen molar-refractivity contribution < 1.29 is 9.47 Å². The molecule has 0 bridgehead atoms. The number of methoxy groups -OCH3 is 1. The van der Waals surface area contributed by atoms with Gasteiger partial charge in [-0.1, -0.05) is 0 Å². The molecule has 0 atom stereocenters. The molecule has 5 heteroatoms. The molecule has 3 heterocycles. The van der Waals surface area contributed by atoms with Gasteiger partial charge in [0.2, 0.25) is 0 Å². The maximum absolute atomic E-state index is 6.24. The largest absolute Gasteiger partial charge is 0.497 e. The molecule has 134 valence electrons. The standard InChI is InChI=1S/C20H27N3O2/c1-15-12-19(21-18-13-16(24-3)4-5-17(15)18)23-10-11-25-20(14-23)6-8-22(2)9-7-20/h4-5,12-13H,6-11,14H2,1-3H3. The van der Waals surface area contributed by atoms with Gasteiger partial charge in [-0.15, -0.1) is 0 Å². The highest BCUT2D eigenvalue weighted by Gasteiger charge is 2.39. The Morgan fingerprint density at radius 1 is 1.16 bits per heavy atom. The summed E-state index contributed by atoms with van der Waals surface area (Å²) in [7, 11) is 3.89. The Balaban J connectivity index is 1.64. The van der Waals surface area contributed by atoms with Crippen molar-refractivity contribution >= 4 is 16.7 Å². The fourth-order valence-corrected chi connectivity index (χ4v) is 4.02. The quantitative estimate of drug-likeness (QED) is 0.840. The van der Waals surface area contributed by atoms with Crippen LogP contribution in [0.2, 0.25) is 0 Å². The first-order valence-electron chi connectivity index (χ1n) is 9.11. The molecule has 2 saturated heterocycles. The SMILES string of the molecule is COc1ccc2c(C)cc(N3CCOC4(CCN(C)CC4)C3)nc2c1. The van der Waals surface area contributed by atoms with Crippen LogP contribution in [0.3, 0.4) is 0 Å². The molecule has 2 aliphatic rings. The summed E-state index contributed by atoms with van der Waals surface area (Å²) in [6.07, 6.45) is 2.20. The number of aryl methyl sites for hydroxylation is 1. The van der Waals surface area contributed by atoms with E-state index in [1.54, 1.807) is 7.11 Å². The zero-order valence-electron chi connectivity index (χ0n) is 15.4. The van der Waals surface area contributed by atoms with E-state index in [0.29, 0.717) is 0 Å². The first-order valence-corrected chi connectivity index (χ1v) is 9.11. The number of nitrogens with zero attached hydrogens (tertiary/aromatic N) is 3. The van der Waals surface area contributed by atoms with E-state index >= 15 is 0 Å². The molecule has 2 aromatic rings. The van der Waals surface area contributed by atoms with Crippen LogP contribution in [0.4, 0.5) is 5.82 Å². The molecule has 2 aliphatic heterocycles. The first-order chi connectivity index (χ1) is 12.1. The van der Waals surface area contributed by atoms with Crippen molar-refractivity contribution in [3.05, 3.63) is 29.8 Å². The summed E-state index contributed by atoms with van der Waals surface area (Å²) >= 11 is 0. The maximum Gasteiger partial charge on any atom is 0.129 e. The van der Waals surface area contributed by atoms with Gasteiger partial charge in [0, 0.05) is 37.6 Å². The number of pyridine rings is 1. The number of likely N-dealkylation sites (tertiary alicyclic amines) is 1. The highest BCUT2D eigenvalue weighted by atomic mass is 16.5. The number of morpholine rings is 1. The van der Waals surface area contributed by atoms with Crippen molar-refractivity contribution in [2.24, 2.45) is 0 Å². The molecular formula is C20H27N3O2. The second kappa shape index (κ2) is 6.46. The third kappa shape index (κ3) is 3.18. The van der Waals surface area contributed by atoms with Crippen molar-refractivity contribution in [1.82, 2.24) is 9.88 Å². The summed E-state index contributed by atoms with van der Waals surface area (Å²) in [6.45, 7) is 6.99.